The van der Waals surface area contributed by atoms with Gasteiger partial charge >= 0.3 is 0 Å². The molecule has 1 heterocycles. The molecule has 1 saturated carbocycles. The van der Waals surface area contributed by atoms with Gasteiger partial charge in [-0.15, -0.1) is 0 Å². The fraction of sp³-hybridized carbons (Fsp3) is 0.312. The number of hydrogen-bond donors (Lipinski definition) is 1. The van der Waals surface area contributed by atoms with Gasteiger partial charge in [-0.05, 0) is 36.6 Å². The van der Waals surface area contributed by atoms with E-state index in [-0.39, 0.29) is 0 Å². The van der Waals surface area contributed by atoms with Gasteiger partial charge in [0.05, 0.1) is 5.69 Å². The maximum atomic E-state index is 14.1. The molecule has 0 saturated heterocycles. The summed E-state index contributed by atoms with van der Waals surface area (Å²) >= 11 is 0. The molecule has 6 heteroatoms. The Labute approximate surface area is 129 Å². The van der Waals surface area contributed by atoms with E-state index in [9.17, 15) is 12.8 Å². The Balaban J connectivity index is 2.07. The van der Waals surface area contributed by atoms with Crippen LogP contribution in [0.5, 0.6) is 0 Å². The van der Waals surface area contributed by atoms with Crippen LogP contribution in [-0.4, -0.2) is 13.4 Å². The highest BCUT2D eigenvalue weighted by molar-refractivity contribution is 7.89. The maximum Gasteiger partial charge on any atom is 0.240 e. The van der Waals surface area contributed by atoms with Crippen LogP contribution < -0.4 is 5.14 Å². The summed E-state index contributed by atoms with van der Waals surface area (Å²) in [7, 11) is -4.05. The van der Waals surface area contributed by atoms with Gasteiger partial charge in [-0.25, -0.2) is 17.9 Å². The Morgan fingerprint density at radius 3 is 2.55 bits per heavy atom. The third kappa shape index (κ3) is 2.89. The molecular formula is C16H17FN2O2S. The second-order valence-corrected chi connectivity index (χ2v) is 7.14. The molecule has 0 amide bonds. The van der Waals surface area contributed by atoms with Gasteiger partial charge in [0, 0.05) is 17.7 Å². The normalized spacial score (nSPS) is 16.1. The highest BCUT2D eigenvalue weighted by Crippen LogP contribution is 2.38. The first-order valence-corrected chi connectivity index (χ1v) is 8.79. The largest absolute Gasteiger partial charge is 0.260 e. The predicted molar refractivity (Wildman–Crippen MR) is 82.2 cm³/mol. The standard InChI is InChI=1S/C16H17FN2O2S/c17-14-10-12(7-8-15(14)22(18,20)21)13-6-3-9-19-16(13)11-4-1-2-5-11/h3,6-11H,1-2,4-5H2,(H2,18,20,21). The van der Waals surface area contributed by atoms with E-state index in [2.05, 4.69) is 4.98 Å². The average Bonchev–Trinajstić information content (AvgIpc) is 3.00. The van der Waals surface area contributed by atoms with Crippen molar-refractivity contribution in [1.82, 2.24) is 4.98 Å². The van der Waals surface area contributed by atoms with Crippen LogP contribution in [0.25, 0.3) is 11.1 Å². The zero-order chi connectivity index (χ0) is 15.7. The van der Waals surface area contributed by atoms with Crippen LogP contribution in [0.2, 0.25) is 0 Å². The van der Waals surface area contributed by atoms with E-state index in [0.29, 0.717) is 11.5 Å². The molecule has 116 valence electrons. The van der Waals surface area contributed by atoms with E-state index >= 15 is 0 Å². The molecule has 0 aliphatic heterocycles. The molecule has 0 atom stereocenters. The SMILES string of the molecule is NS(=O)(=O)c1ccc(-c2cccnc2C2CCCC2)cc1F. The van der Waals surface area contributed by atoms with Crippen molar-refractivity contribution in [3.63, 3.8) is 0 Å². The van der Waals surface area contributed by atoms with Crippen molar-refractivity contribution in [2.75, 3.05) is 0 Å². The third-order valence-electron chi connectivity index (χ3n) is 4.13. The van der Waals surface area contributed by atoms with Crippen LogP contribution in [0.4, 0.5) is 4.39 Å². The summed E-state index contributed by atoms with van der Waals surface area (Å²) < 4.78 is 36.7. The van der Waals surface area contributed by atoms with E-state index in [1.165, 1.54) is 25.0 Å². The molecular weight excluding hydrogens is 303 g/mol. The first-order valence-electron chi connectivity index (χ1n) is 7.24. The molecule has 4 nitrogen and oxygen atoms in total. The molecule has 2 aromatic rings. The number of hydrogen-bond acceptors (Lipinski definition) is 3. The van der Waals surface area contributed by atoms with Crippen LogP contribution in [0.15, 0.2) is 41.4 Å². The highest BCUT2D eigenvalue weighted by Gasteiger charge is 2.22. The lowest BCUT2D eigenvalue weighted by molar-refractivity contribution is 0.568. The van der Waals surface area contributed by atoms with E-state index in [1.54, 1.807) is 18.3 Å². The molecule has 1 aliphatic rings. The van der Waals surface area contributed by atoms with E-state index in [4.69, 9.17) is 5.14 Å². The summed E-state index contributed by atoms with van der Waals surface area (Å²) in [4.78, 5) is 3.99. The number of nitrogens with two attached hydrogens (primary N) is 1. The van der Waals surface area contributed by atoms with Crippen molar-refractivity contribution < 1.29 is 12.8 Å². The minimum absolute atomic E-state index is 0.386. The van der Waals surface area contributed by atoms with Crippen LogP contribution >= 0.6 is 0 Å². The Bertz CT molecular complexity index is 800. The van der Waals surface area contributed by atoms with Crippen molar-refractivity contribution in [1.29, 1.82) is 0 Å². The van der Waals surface area contributed by atoms with Gasteiger partial charge < -0.3 is 0 Å². The summed E-state index contributed by atoms with van der Waals surface area (Å²) in [5.41, 5.74) is 2.44. The Kier molecular flexibility index (Phi) is 3.97. The van der Waals surface area contributed by atoms with Gasteiger partial charge in [-0.1, -0.05) is 25.0 Å². The van der Waals surface area contributed by atoms with Gasteiger partial charge in [0.2, 0.25) is 10.0 Å². The Hall–Kier alpha value is -1.79. The molecule has 22 heavy (non-hydrogen) atoms. The number of primary sulfonamides is 1. The second-order valence-electron chi connectivity index (χ2n) is 5.61. The zero-order valence-electron chi connectivity index (χ0n) is 12.0. The fourth-order valence-electron chi connectivity index (χ4n) is 3.09. The van der Waals surface area contributed by atoms with Crippen molar-refractivity contribution in [2.45, 2.75) is 36.5 Å². The lowest BCUT2D eigenvalue weighted by atomic mass is 9.94. The maximum absolute atomic E-state index is 14.1. The summed E-state index contributed by atoms with van der Waals surface area (Å²) in [6.45, 7) is 0. The van der Waals surface area contributed by atoms with Crippen molar-refractivity contribution >= 4 is 10.0 Å². The monoisotopic (exact) mass is 320 g/mol. The minimum Gasteiger partial charge on any atom is -0.260 e. The van der Waals surface area contributed by atoms with E-state index in [1.807, 2.05) is 6.07 Å². The number of rotatable bonds is 3. The third-order valence-corrected chi connectivity index (χ3v) is 5.07. The summed E-state index contributed by atoms with van der Waals surface area (Å²) in [5, 5.41) is 5.00. The Morgan fingerprint density at radius 2 is 1.91 bits per heavy atom. The van der Waals surface area contributed by atoms with Crippen LogP contribution in [-0.2, 0) is 10.0 Å². The van der Waals surface area contributed by atoms with Gasteiger partial charge in [-0.3, -0.25) is 4.98 Å². The summed E-state index contributed by atoms with van der Waals surface area (Å²) in [6.07, 6.45) is 6.27. The molecule has 1 aromatic carbocycles. The van der Waals surface area contributed by atoms with Gasteiger partial charge in [0.25, 0.3) is 0 Å². The Morgan fingerprint density at radius 1 is 1.18 bits per heavy atom. The molecule has 0 bridgehead atoms. The summed E-state index contributed by atoms with van der Waals surface area (Å²) in [6, 6.07) is 7.71. The zero-order valence-corrected chi connectivity index (χ0v) is 12.8. The smallest absolute Gasteiger partial charge is 0.240 e. The molecule has 0 radical (unpaired) electrons. The first kappa shape index (κ1) is 15.1. The van der Waals surface area contributed by atoms with Crippen molar-refractivity contribution in [2.24, 2.45) is 5.14 Å². The van der Waals surface area contributed by atoms with Crippen LogP contribution in [0, 0.1) is 5.82 Å². The molecule has 1 fully saturated rings. The number of sulfonamides is 1. The topological polar surface area (TPSA) is 73.1 Å². The first-order chi connectivity index (χ1) is 10.5. The molecule has 1 aliphatic carbocycles. The van der Waals surface area contributed by atoms with Crippen LogP contribution in [0.1, 0.15) is 37.3 Å². The van der Waals surface area contributed by atoms with Crippen LogP contribution in [0.3, 0.4) is 0 Å². The van der Waals surface area contributed by atoms with Gasteiger partial charge in [0.1, 0.15) is 10.7 Å². The van der Waals surface area contributed by atoms with Crippen molar-refractivity contribution in [3.05, 3.63) is 48.0 Å². The molecule has 0 unspecified atom stereocenters. The summed E-state index contributed by atoms with van der Waals surface area (Å²) in [5.74, 6) is -0.446. The minimum atomic E-state index is -4.05. The number of benzene rings is 1. The molecule has 0 spiro atoms. The average molecular weight is 320 g/mol. The molecule has 2 N–H and O–H groups in total. The number of aromatic nitrogens is 1. The molecule has 3 rings (SSSR count). The molecule has 1 aromatic heterocycles. The predicted octanol–water partition coefficient (Wildman–Crippen LogP) is 3.19. The lowest BCUT2D eigenvalue weighted by Crippen LogP contribution is -2.14. The van der Waals surface area contributed by atoms with Gasteiger partial charge in [-0.2, -0.15) is 0 Å². The van der Waals surface area contributed by atoms with E-state index in [0.717, 1.165) is 24.1 Å². The number of nitrogens with zero attached hydrogens (tertiary/aromatic N) is 1. The fourth-order valence-corrected chi connectivity index (χ4v) is 3.67. The second kappa shape index (κ2) is 5.78. The highest BCUT2D eigenvalue weighted by atomic mass is 32.2. The number of halogens is 1. The quantitative estimate of drug-likeness (QED) is 0.944. The van der Waals surface area contributed by atoms with Gasteiger partial charge in [0.15, 0.2) is 0 Å². The number of pyridine rings is 1. The van der Waals surface area contributed by atoms with E-state index < -0.39 is 20.7 Å². The lowest BCUT2D eigenvalue weighted by Gasteiger charge is -2.14. The van der Waals surface area contributed by atoms with Crippen molar-refractivity contribution in [3.8, 4) is 11.1 Å².